The van der Waals surface area contributed by atoms with Crippen LogP contribution in [0.15, 0.2) is 60.7 Å². The fourth-order valence-corrected chi connectivity index (χ4v) is 5.90. The number of piperazine rings is 1. The van der Waals surface area contributed by atoms with Crippen LogP contribution in [-0.2, 0) is 17.1 Å². The highest BCUT2D eigenvalue weighted by Gasteiger charge is 2.37. The molecule has 50 heavy (non-hydrogen) atoms. The summed E-state index contributed by atoms with van der Waals surface area (Å²) in [5.41, 5.74) is -1.92. The Balaban J connectivity index is 1.32. The highest BCUT2D eigenvalue weighted by atomic mass is 19.4. The monoisotopic (exact) mass is 708 g/mol. The van der Waals surface area contributed by atoms with E-state index in [0.29, 0.717) is 70.2 Å². The normalized spacial score (nSPS) is 15.8. The molecule has 10 nitrogen and oxygen atoms in total. The maximum absolute atomic E-state index is 13.6. The van der Waals surface area contributed by atoms with Crippen molar-refractivity contribution in [3.05, 3.63) is 77.4 Å². The number of ether oxygens (including phenoxy) is 2. The number of nitrogens with zero attached hydrogens (tertiary/aromatic N) is 3. The zero-order valence-electron chi connectivity index (χ0n) is 27.3. The van der Waals surface area contributed by atoms with Gasteiger partial charge in [-0.2, -0.15) is 26.3 Å². The largest absolute Gasteiger partial charge is 0.495 e. The molecule has 0 bridgehead atoms. The van der Waals surface area contributed by atoms with Crippen LogP contribution in [0, 0.1) is 0 Å². The van der Waals surface area contributed by atoms with E-state index in [1.54, 1.807) is 13.2 Å². The zero-order valence-corrected chi connectivity index (χ0v) is 27.3. The Bertz CT molecular complexity index is 1610. The van der Waals surface area contributed by atoms with Crippen LogP contribution in [0.3, 0.4) is 0 Å². The smallest absolute Gasteiger partial charge is 0.416 e. The Hall–Kier alpha value is -4.70. The van der Waals surface area contributed by atoms with Crippen LogP contribution in [0.25, 0.3) is 0 Å². The fraction of sp³-hybridized carbons (Fsp3) is 0.412. The molecule has 2 aliphatic rings. The first kappa shape index (κ1) is 36.6. The maximum atomic E-state index is 13.6. The molecule has 3 aromatic rings. The van der Waals surface area contributed by atoms with Crippen LogP contribution >= 0.6 is 0 Å². The fourth-order valence-electron chi connectivity index (χ4n) is 5.90. The van der Waals surface area contributed by atoms with Crippen molar-refractivity contribution in [2.45, 2.75) is 18.8 Å². The van der Waals surface area contributed by atoms with Crippen LogP contribution in [-0.4, -0.2) is 89.5 Å². The van der Waals surface area contributed by atoms with Crippen LogP contribution in [0.4, 0.5) is 53.9 Å². The van der Waals surface area contributed by atoms with Gasteiger partial charge < -0.3 is 35.2 Å². The highest BCUT2D eigenvalue weighted by molar-refractivity contribution is 6.04. The second kappa shape index (κ2) is 15.9. The minimum Gasteiger partial charge on any atom is -0.495 e. The quantitative estimate of drug-likeness (QED) is 0.172. The molecule has 0 radical (unpaired) electrons. The molecule has 3 aromatic carbocycles. The van der Waals surface area contributed by atoms with E-state index in [1.165, 1.54) is 12.1 Å². The van der Waals surface area contributed by atoms with Crippen molar-refractivity contribution >= 4 is 34.7 Å². The molecule has 0 aromatic heterocycles. The summed E-state index contributed by atoms with van der Waals surface area (Å²) in [5, 5.41) is 7.42. The molecule has 0 aliphatic carbocycles. The first-order valence-electron chi connectivity index (χ1n) is 16.0. The number of amides is 3. The SMILES string of the molecule is COc1ccccc1N1CCN(c2ccc(NC(=O)Nc3cc(C(F)(F)F)cc(C(F)(F)F)c3)cc2C(=O)NCCCN2CCOCC2)CC1. The molecule has 2 saturated heterocycles. The van der Waals surface area contributed by atoms with Crippen molar-refractivity contribution in [1.82, 2.24) is 10.2 Å². The van der Waals surface area contributed by atoms with E-state index >= 15 is 0 Å². The molecule has 0 spiro atoms. The third-order valence-corrected chi connectivity index (χ3v) is 8.43. The predicted octanol–water partition coefficient (Wildman–Crippen LogP) is 6.16. The van der Waals surface area contributed by atoms with Crippen LogP contribution in [0.5, 0.6) is 5.75 Å². The number of morpholine rings is 1. The van der Waals surface area contributed by atoms with Gasteiger partial charge in [0.15, 0.2) is 0 Å². The number of hydrogen-bond acceptors (Lipinski definition) is 7. The van der Waals surface area contributed by atoms with Crippen molar-refractivity contribution < 1.29 is 45.4 Å². The molecule has 2 aliphatic heterocycles. The summed E-state index contributed by atoms with van der Waals surface area (Å²) >= 11 is 0. The summed E-state index contributed by atoms with van der Waals surface area (Å²) in [5.74, 6) is 0.345. The first-order chi connectivity index (χ1) is 23.8. The average Bonchev–Trinajstić information content (AvgIpc) is 3.09. The van der Waals surface area contributed by atoms with Gasteiger partial charge in [0.25, 0.3) is 5.91 Å². The van der Waals surface area contributed by atoms with Gasteiger partial charge >= 0.3 is 18.4 Å². The number of alkyl halides is 6. The van der Waals surface area contributed by atoms with Gasteiger partial charge in [-0.25, -0.2) is 4.79 Å². The van der Waals surface area contributed by atoms with E-state index < -0.39 is 41.1 Å². The summed E-state index contributed by atoms with van der Waals surface area (Å²) in [6.07, 6.45) is -9.46. The van der Waals surface area contributed by atoms with E-state index in [2.05, 4.69) is 25.8 Å². The Kier molecular flexibility index (Phi) is 11.6. The number of benzene rings is 3. The number of rotatable bonds is 10. The lowest BCUT2D eigenvalue weighted by Gasteiger charge is -2.38. The Morgan fingerprint density at radius 3 is 1.98 bits per heavy atom. The van der Waals surface area contributed by atoms with Gasteiger partial charge in [-0.15, -0.1) is 0 Å². The van der Waals surface area contributed by atoms with E-state index in [0.717, 1.165) is 31.1 Å². The molecule has 2 heterocycles. The van der Waals surface area contributed by atoms with E-state index in [1.807, 2.05) is 29.2 Å². The summed E-state index contributed by atoms with van der Waals surface area (Å²) in [6, 6.07) is 12.0. The molecule has 0 unspecified atom stereocenters. The minimum absolute atomic E-state index is 0.0240. The standard InChI is InChI=1S/C34H38F6N6O4/c1-49-30-6-3-2-5-29(30)46-13-11-45(12-14-46)28-8-7-25(22-27(28)31(47)41-9-4-10-44-15-17-50-18-16-44)42-32(48)43-26-20-23(33(35,36)37)19-24(21-26)34(38,39)40/h2-3,5-8,19-22H,4,9-18H2,1H3,(H,41,47)(H2,42,43,48). The molecular formula is C34H38F6N6O4. The zero-order chi connectivity index (χ0) is 35.9. The first-order valence-corrected chi connectivity index (χ1v) is 16.0. The molecule has 3 amide bonds. The number of methoxy groups -OCH3 is 1. The Morgan fingerprint density at radius 2 is 1.36 bits per heavy atom. The van der Waals surface area contributed by atoms with Gasteiger partial charge in [-0.3, -0.25) is 9.69 Å². The molecule has 3 N–H and O–H groups in total. The Morgan fingerprint density at radius 1 is 0.760 bits per heavy atom. The van der Waals surface area contributed by atoms with Gasteiger partial charge in [-0.1, -0.05) is 12.1 Å². The number of halogens is 6. The summed E-state index contributed by atoms with van der Waals surface area (Å²) < 4.78 is 90.8. The molecule has 270 valence electrons. The minimum atomic E-state index is -5.08. The van der Waals surface area contributed by atoms with Crippen LogP contribution < -0.4 is 30.5 Å². The number of para-hydroxylation sites is 2. The van der Waals surface area contributed by atoms with E-state index in [4.69, 9.17) is 9.47 Å². The van der Waals surface area contributed by atoms with Crippen molar-refractivity contribution in [3.8, 4) is 5.75 Å². The topological polar surface area (TPSA) is 98.4 Å². The summed E-state index contributed by atoms with van der Waals surface area (Å²) in [7, 11) is 1.61. The predicted molar refractivity (Wildman–Crippen MR) is 177 cm³/mol. The third kappa shape index (κ3) is 9.50. The molecule has 0 atom stereocenters. The molecule has 2 fully saturated rings. The summed E-state index contributed by atoms with van der Waals surface area (Å²) in [6.45, 7) is 6.45. The highest BCUT2D eigenvalue weighted by Crippen LogP contribution is 2.38. The summed E-state index contributed by atoms with van der Waals surface area (Å²) in [4.78, 5) is 32.9. The maximum Gasteiger partial charge on any atom is 0.416 e. The lowest BCUT2D eigenvalue weighted by atomic mass is 10.1. The second-order valence-electron chi connectivity index (χ2n) is 11.8. The number of urea groups is 1. The lowest BCUT2D eigenvalue weighted by molar-refractivity contribution is -0.143. The molecule has 16 heteroatoms. The van der Waals surface area contributed by atoms with Gasteiger partial charge in [-0.05, 0) is 61.5 Å². The number of nitrogens with one attached hydrogen (secondary N) is 3. The number of carbonyl (C=O) groups excluding carboxylic acids is 2. The van der Waals surface area contributed by atoms with Gasteiger partial charge in [0, 0.05) is 62.9 Å². The molecular weight excluding hydrogens is 670 g/mol. The van der Waals surface area contributed by atoms with E-state index in [-0.39, 0.29) is 17.3 Å². The third-order valence-electron chi connectivity index (χ3n) is 8.43. The van der Waals surface area contributed by atoms with Crippen molar-refractivity contribution in [1.29, 1.82) is 0 Å². The van der Waals surface area contributed by atoms with Crippen molar-refractivity contribution in [3.63, 3.8) is 0 Å². The lowest BCUT2D eigenvalue weighted by Crippen LogP contribution is -2.47. The van der Waals surface area contributed by atoms with Crippen LogP contribution in [0.1, 0.15) is 27.9 Å². The second-order valence-corrected chi connectivity index (χ2v) is 11.8. The molecule has 0 saturated carbocycles. The van der Waals surface area contributed by atoms with Crippen LogP contribution in [0.2, 0.25) is 0 Å². The van der Waals surface area contributed by atoms with Gasteiger partial charge in [0.2, 0.25) is 0 Å². The van der Waals surface area contributed by atoms with Gasteiger partial charge in [0.1, 0.15) is 5.75 Å². The van der Waals surface area contributed by atoms with Crippen molar-refractivity contribution in [2.24, 2.45) is 0 Å². The number of anilines is 4. The molecule has 5 rings (SSSR count). The van der Waals surface area contributed by atoms with Gasteiger partial charge in [0.05, 0.1) is 42.7 Å². The van der Waals surface area contributed by atoms with Crippen molar-refractivity contribution in [2.75, 3.05) is 93.1 Å². The average molecular weight is 709 g/mol. The number of carbonyl (C=O) groups is 2. The van der Waals surface area contributed by atoms with E-state index in [9.17, 15) is 35.9 Å². The number of hydrogen-bond donors (Lipinski definition) is 3. The Labute approximate surface area is 285 Å².